The first kappa shape index (κ1) is 21.9. The van der Waals surface area contributed by atoms with Crippen molar-refractivity contribution in [2.45, 2.75) is 25.3 Å². The van der Waals surface area contributed by atoms with Gasteiger partial charge in [-0.1, -0.05) is 41.4 Å². The molecule has 0 bridgehead atoms. The van der Waals surface area contributed by atoms with Crippen molar-refractivity contribution in [1.29, 1.82) is 0 Å². The zero-order valence-electron chi connectivity index (χ0n) is 17.0. The first-order valence-electron chi connectivity index (χ1n) is 10.1. The van der Waals surface area contributed by atoms with Gasteiger partial charge in [0.25, 0.3) is 0 Å². The van der Waals surface area contributed by atoms with Gasteiger partial charge < -0.3 is 10.6 Å². The van der Waals surface area contributed by atoms with Gasteiger partial charge in [0, 0.05) is 37.4 Å². The van der Waals surface area contributed by atoms with E-state index in [1.807, 2.05) is 30.5 Å². The fourth-order valence-corrected chi connectivity index (χ4v) is 4.33. The van der Waals surface area contributed by atoms with E-state index in [1.165, 1.54) is 18.4 Å². The van der Waals surface area contributed by atoms with Crippen molar-refractivity contribution in [3.8, 4) is 0 Å². The van der Waals surface area contributed by atoms with Gasteiger partial charge in [-0.25, -0.2) is 4.98 Å². The number of halogens is 2. The number of piperidine rings is 1. The van der Waals surface area contributed by atoms with Crippen molar-refractivity contribution in [3.05, 3.63) is 63.9 Å². The maximum atomic E-state index is 6.25. The van der Waals surface area contributed by atoms with Crippen LogP contribution in [-0.2, 0) is 6.42 Å². The molecule has 7 heteroatoms. The first-order chi connectivity index (χ1) is 14.1. The Bertz CT molecular complexity index is 809. The molecule has 0 radical (unpaired) electrons. The van der Waals surface area contributed by atoms with Crippen LogP contribution in [0.1, 0.15) is 30.0 Å². The van der Waals surface area contributed by atoms with E-state index in [0.29, 0.717) is 17.1 Å². The van der Waals surface area contributed by atoms with Crippen LogP contribution in [0.2, 0.25) is 10.2 Å². The molecule has 1 fully saturated rings. The summed E-state index contributed by atoms with van der Waals surface area (Å²) < 4.78 is 0. The van der Waals surface area contributed by atoms with Crippen LogP contribution in [0.15, 0.2) is 47.6 Å². The summed E-state index contributed by atoms with van der Waals surface area (Å²) in [5.41, 5.74) is 2.43. The summed E-state index contributed by atoms with van der Waals surface area (Å²) >= 11 is 12.1. The second-order valence-corrected chi connectivity index (χ2v) is 8.33. The predicted octanol–water partition coefficient (Wildman–Crippen LogP) is 4.18. The van der Waals surface area contributed by atoms with Crippen LogP contribution >= 0.6 is 23.2 Å². The van der Waals surface area contributed by atoms with E-state index in [4.69, 9.17) is 23.2 Å². The highest BCUT2D eigenvalue weighted by Gasteiger charge is 2.30. The Balaban J connectivity index is 1.54. The maximum Gasteiger partial charge on any atom is 0.190 e. The van der Waals surface area contributed by atoms with Crippen molar-refractivity contribution in [2.75, 3.05) is 33.7 Å². The number of benzene rings is 1. The monoisotopic (exact) mass is 433 g/mol. The van der Waals surface area contributed by atoms with Gasteiger partial charge in [0.15, 0.2) is 5.96 Å². The van der Waals surface area contributed by atoms with Gasteiger partial charge in [0.2, 0.25) is 0 Å². The smallest absolute Gasteiger partial charge is 0.190 e. The van der Waals surface area contributed by atoms with E-state index >= 15 is 0 Å². The maximum absolute atomic E-state index is 6.25. The molecule has 1 aliphatic rings. The number of aromatic nitrogens is 1. The highest BCUT2D eigenvalue weighted by Crippen LogP contribution is 2.35. The van der Waals surface area contributed by atoms with Crippen LogP contribution in [0, 0.1) is 5.92 Å². The highest BCUT2D eigenvalue weighted by atomic mass is 35.5. The molecule has 1 aromatic heterocycles. The van der Waals surface area contributed by atoms with E-state index in [1.54, 1.807) is 7.05 Å². The molecule has 2 unspecified atom stereocenters. The number of guanidine groups is 1. The molecule has 2 atom stereocenters. The summed E-state index contributed by atoms with van der Waals surface area (Å²) in [5.74, 6) is 1.32. The summed E-state index contributed by atoms with van der Waals surface area (Å²) in [4.78, 5) is 10.9. The molecule has 3 rings (SSSR count). The zero-order valence-corrected chi connectivity index (χ0v) is 18.5. The number of hydrogen-bond acceptors (Lipinski definition) is 3. The molecule has 2 heterocycles. The van der Waals surface area contributed by atoms with Crippen LogP contribution < -0.4 is 10.6 Å². The van der Waals surface area contributed by atoms with E-state index < -0.39 is 0 Å². The lowest BCUT2D eigenvalue weighted by Crippen LogP contribution is -2.45. The molecular weight excluding hydrogens is 405 g/mol. The van der Waals surface area contributed by atoms with Gasteiger partial charge in [0.05, 0.1) is 0 Å². The lowest BCUT2D eigenvalue weighted by atomic mass is 9.85. The minimum absolute atomic E-state index is 0.355. The molecular formula is C22H29Cl2N5. The Labute approximate surface area is 183 Å². The van der Waals surface area contributed by atoms with Crippen molar-refractivity contribution < 1.29 is 0 Å². The molecule has 2 N–H and O–H groups in total. The summed E-state index contributed by atoms with van der Waals surface area (Å²) in [7, 11) is 4.01. The van der Waals surface area contributed by atoms with E-state index in [2.05, 4.69) is 44.7 Å². The van der Waals surface area contributed by atoms with E-state index in [9.17, 15) is 0 Å². The third-order valence-electron chi connectivity index (χ3n) is 5.45. The summed E-state index contributed by atoms with van der Waals surface area (Å²) in [6, 6.07) is 12.4. The van der Waals surface area contributed by atoms with E-state index in [-0.39, 0.29) is 0 Å². The molecule has 29 heavy (non-hydrogen) atoms. The summed E-state index contributed by atoms with van der Waals surface area (Å²) in [6.45, 7) is 2.75. The molecule has 1 saturated heterocycles. The zero-order chi connectivity index (χ0) is 20.6. The molecule has 0 saturated carbocycles. The van der Waals surface area contributed by atoms with Crippen molar-refractivity contribution in [3.63, 3.8) is 0 Å². The number of nitrogens with one attached hydrogen (secondary N) is 2. The Morgan fingerprint density at radius 2 is 2.10 bits per heavy atom. The van der Waals surface area contributed by atoms with Gasteiger partial charge in [-0.2, -0.15) is 0 Å². The highest BCUT2D eigenvalue weighted by molar-refractivity contribution is 6.30. The predicted molar refractivity (Wildman–Crippen MR) is 122 cm³/mol. The molecule has 0 spiro atoms. The second-order valence-electron chi connectivity index (χ2n) is 7.50. The molecule has 156 valence electrons. The van der Waals surface area contributed by atoms with Crippen LogP contribution in [-0.4, -0.2) is 49.6 Å². The van der Waals surface area contributed by atoms with Gasteiger partial charge >= 0.3 is 0 Å². The fourth-order valence-electron chi connectivity index (χ4n) is 4.02. The number of aliphatic imine (C=N–C) groups is 1. The van der Waals surface area contributed by atoms with Gasteiger partial charge in [0.1, 0.15) is 5.15 Å². The average Bonchev–Trinajstić information content (AvgIpc) is 2.72. The Hall–Kier alpha value is -1.82. The third kappa shape index (κ3) is 6.33. The van der Waals surface area contributed by atoms with Crippen molar-refractivity contribution in [1.82, 2.24) is 20.5 Å². The number of hydrogen-bond donors (Lipinski definition) is 2. The number of rotatable bonds is 6. The molecule has 0 amide bonds. The van der Waals surface area contributed by atoms with Crippen LogP contribution in [0.25, 0.3) is 0 Å². The SMILES string of the molecule is CN=C(NCCc1ccc(Cl)nc1)NCC1CCCN(C)C1c1cccc(Cl)c1. The number of nitrogens with zero attached hydrogens (tertiary/aromatic N) is 3. The lowest BCUT2D eigenvalue weighted by molar-refractivity contribution is 0.122. The number of pyridine rings is 1. The van der Waals surface area contributed by atoms with Gasteiger partial charge in [-0.05, 0) is 68.1 Å². The fraction of sp³-hybridized carbons (Fsp3) is 0.455. The van der Waals surface area contributed by atoms with Crippen LogP contribution in [0.4, 0.5) is 0 Å². The largest absolute Gasteiger partial charge is 0.356 e. The standard InChI is InChI=1S/C22H29Cl2N5/c1-25-22(26-11-10-16-8-9-20(24)27-14-16)28-15-18-6-4-12-29(2)21(18)17-5-3-7-19(23)13-17/h3,5,7-9,13-14,18,21H,4,6,10-12,15H2,1-2H3,(H2,25,26,28). The summed E-state index contributed by atoms with van der Waals surface area (Å²) in [6.07, 6.45) is 5.06. The average molecular weight is 434 g/mol. The van der Waals surface area contributed by atoms with Crippen LogP contribution in [0.5, 0.6) is 0 Å². The molecule has 1 aliphatic heterocycles. The number of likely N-dealkylation sites (tertiary alicyclic amines) is 1. The minimum Gasteiger partial charge on any atom is -0.356 e. The Morgan fingerprint density at radius 3 is 2.83 bits per heavy atom. The Morgan fingerprint density at radius 1 is 1.24 bits per heavy atom. The van der Waals surface area contributed by atoms with Crippen molar-refractivity contribution >= 4 is 29.2 Å². The minimum atomic E-state index is 0.355. The topological polar surface area (TPSA) is 52.6 Å². The van der Waals surface area contributed by atoms with Gasteiger partial charge in [-0.15, -0.1) is 0 Å². The quantitative estimate of drug-likeness (QED) is 0.407. The molecule has 0 aliphatic carbocycles. The van der Waals surface area contributed by atoms with Gasteiger partial charge in [-0.3, -0.25) is 9.89 Å². The second kappa shape index (κ2) is 10.8. The van der Waals surface area contributed by atoms with E-state index in [0.717, 1.165) is 42.6 Å². The molecule has 2 aromatic rings. The first-order valence-corrected chi connectivity index (χ1v) is 10.8. The Kier molecular flexibility index (Phi) is 8.16. The third-order valence-corrected chi connectivity index (χ3v) is 5.91. The van der Waals surface area contributed by atoms with Crippen LogP contribution in [0.3, 0.4) is 0 Å². The lowest BCUT2D eigenvalue weighted by Gasteiger charge is -2.40. The summed E-state index contributed by atoms with van der Waals surface area (Å²) in [5, 5.41) is 8.22. The van der Waals surface area contributed by atoms with Crippen molar-refractivity contribution in [2.24, 2.45) is 10.9 Å². The molecule has 5 nitrogen and oxygen atoms in total. The normalized spacial score (nSPS) is 20.5. The molecule has 1 aromatic carbocycles.